The summed E-state index contributed by atoms with van der Waals surface area (Å²) >= 11 is 0. The van der Waals surface area contributed by atoms with Gasteiger partial charge in [0.2, 0.25) is 0 Å². The number of carboxylic acids is 2. The third kappa shape index (κ3) is 2.05. The van der Waals surface area contributed by atoms with Crippen LogP contribution >= 0.6 is 0 Å². The van der Waals surface area contributed by atoms with Crippen molar-refractivity contribution in [3.05, 3.63) is 23.5 Å². The smallest absolute Gasteiger partial charge is 0.354 e. The molecule has 0 fully saturated rings. The Labute approximate surface area is 74.4 Å². The molecule has 1 aromatic heterocycles. The van der Waals surface area contributed by atoms with Crippen molar-refractivity contribution in [3.8, 4) is 0 Å². The first-order valence-corrected chi connectivity index (χ1v) is 3.25. The Balaban J connectivity index is 3.26. The van der Waals surface area contributed by atoms with E-state index in [4.69, 9.17) is 18.1 Å². The first kappa shape index (κ1) is 9.24. The van der Waals surface area contributed by atoms with Crippen LogP contribution in [0.4, 0.5) is 0 Å². The van der Waals surface area contributed by atoms with Gasteiger partial charge in [-0.3, -0.25) is 0 Å². The van der Waals surface area contributed by atoms with Crippen LogP contribution in [0, 0.1) is 0 Å². The van der Waals surface area contributed by atoms with Gasteiger partial charge in [0.1, 0.15) is 19.2 Å². The summed E-state index contributed by atoms with van der Waals surface area (Å²) in [5.41, 5.74) is -0.695. The molecule has 0 bridgehead atoms. The summed E-state index contributed by atoms with van der Waals surface area (Å²) in [6, 6.07) is 2.18. The van der Waals surface area contributed by atoms with Gasteiger partial charge >= 0.3 is 11.9 Å². The van der Waals surface area contributed by atoms with E-state index in [-0.39, 0.29) is 16.9 Å². The van der Waals surface area contributed by atoms with Gasteiger partial charge in [-0.1, -0.05) is 5.46 Å². The SMILES string of the molecule is [B]c1cc(C(=O)O)nc(C(=O)O)c1. The Morgan fingerprint density at radius 3 is 1.85 bits per heavy atom. The standard InChI is InChI=1S/C7H4BNO4/c8-3-1-4(6(10)11)9-5(2-3)7(12)13/h1-2H,(H,10,11)(H,12,13). The van der Waals surface area contributed by atoms with Crippen LogP contribution in [0.2, 0.25) is 0 Å². The number of nitrogens with zero attached hydrogens (tertiary/aromatic N) is 1. The second-order valence-corrected chi connectivity index (χ2v) is 2.28. The quantitative estimate of drug-likeness (QED) is 0.581. The third-order valence-corrected chi connectivity index (χ3v) is 1.29. The normalized spacial score (nSPS) is 9.54. The molecule has 64 valence electrons. The second kappa shape index (κ2) is 3.26. The monoisotopic (exact) mass is 177 g/mol. The minimum Gasteiger partial charge on any atom is -0.477 e. The summed E-state index contributed by atoms with van der Waals surface area (Å²) in [7, 11) is 5.27. The van der Waals surface area contributed by atoms with Crippen LogP contribution in [-0.2, 0) is 0 Å². The van der Waals surface area contributed by atoms with E-state index in [1.807, 2.05) is 0 Å². The van der Waals surface area contributed by atoms with Gasteiger partial charge in [0.15, 0.2) is 0 Å². The van der Waals surface area contributed by atoms with Crippen molar-refractivity contribution in [3.63, 3.8) is 0 Å². The topological polar surface area (TPSA) is 87.5 Å². The van der Waals surface area contributed by atoms with Gasteiger partial charge in [0.05, 0.1) is 0 Å². The van der Waals surface area contributed by atoms with E-state index < -0.39 is 11.9 Å². The Hall–Kier alpha value is -1.85. The van der Waals surface area contributed by atoms with Gasteiger partial charge in [-0.15, -0.1) is 0 Å². The lowest BCUT2D eigenvalue weighted by molar-refractivity contribution is 0.0685. The summed E-state index contributed by atoms with van der Waals surface area (Å²) in [4.78, 5) is 24.2. The van der Waals surface area contributed by atoms with Gasteiger partial charge in [-0.25, -0.2) is 14.6 Å². The molecule has 2 N–H and O–H groups in total. The predicted molar refractivity (Wildman–Crippen MR) is 43.5 cm³/mol. The molecule has 1 rings (SSSR count). The molecular weight excluding hydrogens is 173 g/mol. The molecule has 0 aliphatic heterocycles. The van der Waals surface area contributed by atoms with Crippen molar-refractivity contribution < 1.29 is 19.8 Å². The first-order valence-electron chi connectivity index (χ1n) is 3.25. The van der Waals surface area contributed by atoms with Gasteiger partial charge in [0.25, 0.3) is 0 Å². The summed E-state index contributed by atoms with van der Waals surface area (Å²) in [6.45, 7) is 0. The lowest BCUT2D eigenvalue weighted by Gasteiger charge is -1.99. The van der Waals surface area contributed by atoms with E-state index in [2.05, 4.69) is 4.98 Å². The number of rotatable bonds is 2. The van der Waals surface area contributed by atoms with E-state index in [0.717, 1.165) is 12.1 Å². The molecule has 0 aliphatic rings. The molecule has 0 unspecified atom stereocenters. The van der Waals surface area contributed by atoms with Crippen LogP contribution in [0.15, 0.2) is 12.1 Å². The summed E-state index contributed by atoms with van der Waals surface area (Å²) < 4.78 is 0. The molecule has 2 radical (unpaired) electrons. The molecule has 1 aromatic rings. The molecule has 0 spiro atoms. The number of hydrogen-bond donors (Lipinski definition) is 2. The maximum Gasteiger partial charge on any atom is 0.354 e. The van der Waals surface area contributed by atoms with Crippen molar-refractivity contribution in [2.75, 3.05) is 0 Å². The molecule has 5 nitrogen and oxygen atoms in total. The molecule has 0 saturated carbocycles. The fourth-order valence-electron chi connectivity index (χ4n) is 0.771. The minimum absolute atomic E-state index is 0.0600. The van der Waals surface area contributed by atoms with E-state index in [0.29, 0.717) is 0 Å². The van der Waals surface area contributed by atoms with Crippen molar-refractivity contribution >= 4 is 25.2 Å². The number of carboxylic acid groups (broad SMARTS) is 2. The number of aromatic nitrogens is 1. The van der Waals surface area contributed by atoms with Crippen LogP contribution in [0.5, 0.6) is 0 Å². The molecule has 0 saturated heterocycles. The first-order chi connectivity index (χ1) is 6.00. The lowest BCUT2D eigenvalue weighted by atomic mass is 9.95. The zero-order valence-electron chi connectivity index (χ0n) is 6.39. The zero-order valence-corrected chi connectivity index (χ0v) is 6.39. The third-order valence-electron chi connectivity index (χ3n) is 1.29. The highest BCUT2D eigenvalue weighted by Gasteiger charge is 2.10. The molecule has 13 heavy (non-hydrogen) atoms. The van der Waals surface area contributed by atoms with Gasteiger partial charge < -0.3 is 10.2 Å². The fourth-order valence-corrected chi connectivity index (χ4v) is 0.771. The van der Waals surface area contributed by atoms with Gasteiger partial charge in [-0.2, -0.15) is 0 Å². The van der Waals surface area contributed by atoms with Crippen molar-refractivity contribution in [2.24, 2.45) is 0 Å². The highest BCUT2D eigenvalue weighted by Crippen LogP contribution is 1.96. The van der Waals surface area contributed by atoms with Crippen LogP contribution in [-0.4, -0.2) is 35.0 Å². The average Bonchev–Trinajstić information content (AvgIpc) is 2.03. The molecular formula is C7H4BNO4. The van der Waals surface area contributed by atoms with Gasteiger partial charge in [-0.05, 0) is 12.1 Å². The number of aromatic carboxylic acids is 2. The molecule has 0 aromatic carbocycles. The van der Waals surface area contributed by atoms with Crippen LogP contribution < -0.4 is 5.46 Å². The minimum atomic E-state index is -1.31. The average molecular weight is 177 g/mol. The zero-order chi connectivity index (χ0) is 10.0. The Kier molecular flexibility index (Phi) is 2.32. The predicted octanol–water partition coefficient (Wildman–Crippen LogP) is -0.728. The summed E-state index contributed by atoms with van der Waals surface area (Å²) in [5.74, 6) is -2.62. The highest BCUT2D eigenvalue weighted by molar-refractivity contribution is 6.33. The number of hydrogen-bond acceptors (Lipinski definition) is 3. The van der Waals surface area contributed by atoms with Crippen LogP contribution in [0.3, 0.4) is 0 Å². The Morgan fingerprint density at radius 1 is 1.15 bits per heavy atom. The van der Waals surface area contributed by atoms with Crippen LogP contribution in [0.25, 0.3) is 0 Å². The van der Waals surface area contributed by atoms with Crippen molar-refractivity contribution in [1.82, 2.24) is 4.98 Å². The van der Waals surface area contributed by atoms with Gasteiger partial charge in [0, 0.05) is 0 Å². The Bertz CT molecular complexity index is 345. The maximum atomic E-state index is 10.4. The van der Waals surface area contributed by atoms with Crippen molar-refractivity contribution in [1.29, 1.82) is 0 Å². The Morgan fingerprint density at radius 2 is 1.54 bits per heavy atom. The fraction of sp³-hybridized carbons (Fsp3) is 0. The molecule has 0 atom stereocenters. The second-order valence-electron chi connectivity index (χ2n) is 2.28. The van der Waals surface area contributed by atoms with E-state index >= 15 is 0 Å². The molecule has 6 heteroatoms. The number of carbonyl (C=O) groups is 2. The highest BCUT2D eigenvalue weighted by atomic mass is 16.4. The number of pyridine rings is 1. The maximum absolute atomic E-state index is 10.4. The van der Waals surface area contributed by atoms with E-state index in [1.54, 1.807) is 0 Å². The van der Waals surface area contributed by atoms with Crippen LogP contribution in [0.1, 0.15) is 21.0 Å². The van der Waals surface area contributed by atoms with E-state index in [9.17, 15) is 9.59 Å². The molecule has 0 amide bonds. The van der Waals surface area contributed by atoms with Crippen molar-refractivity contribution in [2.45, 2.75) is 0 Å². The summed E-state index contributed by atoms with van der Waals surface area (Å²) in [5, 5.41) is 17.0. The summed E-state index contributed by atoms with van der Waals surface area (Å²) in [6.07, 6.45) is 0. The lowest BCUT2D eigenvalue weighted by Crippen LogP contribution is -2.15. The van der Waals surface area contributed by atoms with E-state index in [1.165, 1.54) is 0 Å². The molecule has 0 aliphatic carbocycles. The molecule has 1 heterocycles. The largest absolute Gasteiger partial charge is 0.477 e.